The summed E-state index contributed by atoms with van der Waals surface area (Å²) in [7, 11) is -3.62. The molecule has 2 aromatic carbocycles. The third kappa shape index (κ3) is 6.27. The predicted octanol–water partition coefficient (Wildman–Crippen LogP) is 3.43. The van der Waals surface area contributed by atoms with Crippen molar-refractivity contribution in [3.63, 3.8) is 0 Å². The number of sulfonamides is 1. The van der Waals surface area contributed by atoms with Crippen molar-refractivity contribution in [3.05, 3.63) is 59.7 Å². The number of ether oxygens (including phenoxy) is 1. The fourth-order valence-electron chi connectivity index (χ4n) is 2.72. The zero-order valence-electron chi connectivity index (χ0n) is 17.0. The van der Waals surface area contributed by atoms with Crippen molar-refractivity contribution < 1.29 is 17.9 Å². The maximum atomic E-state index is 12.5. The monoisotopic (exact) mass is 404 g/mol. The number of aryl methyl sites for hydroxylation is 1. The third-order valence-electron chi connectivity index (χ3n) is 4.14. The molecule has 152 valence electrons. The number of benzene rings is 2. The van der Waals surface area contributed by atoms with Crippen LogP contribution in [0.3, 0.4) is 0 Å². The number of nitrogens with one attached hydrogen (secondary N) is 1. The lowest BCUT2D eigenvalue weighted by Gasteiger charge is -2.23. The molecule has 0 aliphatic rings. The van der Waals surface area contributed by atoms with Gasteiger partial charge < -0.3 is 10.1 Å². The Hall–Kier alpha value is -2.54. The summed E-state index contributed by atoms with van der Waals surface area (Å²) in [5.41, 5.74) is 2.51. The second-order valence-corrected chi connectivity index (χ2v) is 9.04. The Morgan fingerprint density at radius 2 is 1.61 bits per heavy atom. The highest BCUT2D eigenvalue weighted by molar-refractivity contribution is 7.92. The number of carbonyl (C=O) groups is 1. The van der Waals surface area contributed by atoms with E-state index >= 15 is 0 Å². The van der Waals surface area contributed by atoms with Gasteiger partial charge in [-0.15, -0.1) is 0 Å². The third-order valence-corrected chi connectivity index (χ3v) is 5.28. The number of hydrogen-bond acceptors (Lipinski definition) is 4. The quantitative estimate of drug-likeness (QED) is 0.731. The van der Waals surface area contributed by atoms with Gasteiger partial charge in [-0.1, -0.05) is 29.8 Å². The van der Waals surface area contributed by atoms with E-state index in [1.165, 1.54) is 0 Å². The Morgan fingerprint density at radius 1 is 1.04 bits per heavy atom. The highest BCUT2D eigenvalue weighted by Crippen LogP contribution is 2.22. The number of rotatable bonds is 8. The van der Waals surface area contributed by atoms with E-state index in [0.717, 1.165) is 21.7 Å². The van der Waals surface area contributed by atoms with E-state index < -0.39 is 10.0 Å². The molecule has 0 aliphatic heterocycles. The van der Waals surface area contributed by atoms with Crippen molar-refractivity contribution in [2.75, 3.05) is 17.1 Å². The summed E-state index contributed by atoms with van der Waals surface area (Å²) in [6.45, 7) is 7.39. The fraction of sp³-hybridized carbons (Fsp3) is 0.381. The maximum absolute atomic E-state index is 12.5. The molecule has 0 aliphatic carbocycles. The van der Waals surface area contributed by atoms with E-state index in [2.05, 4.69) is 5.32 Å². The van der Waals surface area contributed by atoms with Gasteiger partial charge in [0.15, 0.2) is 0 Å². The second-order valence-electron chi connectivity index (χ2n) is 7.13. The highest BCUT2D eigenvalue weighted by Gasteiger charge is 2.22. The Balaban J connectivity index is 2.11. The van der Waals surface area contributed by atoms with Gasteiger partial charge in [0.2, 0.25) is 15.9 Å². The standard InChI is InChI=1S/C21H28N2O4S/c1-15(2)27-20-12-10-19(11-13-20)23(28(5,25)26)14-21(24)22-17(4)18-8-6-16(3)7-9-18/h6-13,15,17H,14H2,1-5H3,(H,22,24)/t17-/m1/s1. The molecule has 2 aromatic rings. The molecule has 6 nitrogen and oxygen atoms in total. The topological polar surface area (TPSA) is 75.7 Å². The van der Waals surface area contributed by atoms with Gasteiger partial charge in [-0.3, -0.25) is 9.10 Å². The van der Waals surface area contributed by atoms with Crippen LogP contribution in [-0.4, -0.2) is 33.2 Å². The lowest BCUT2D eigenvalue weighted by atomic mass is 10.1. The van der Waals surface area contributed by atoms with Gasteiger partial charge in [-0.25, -0.2) is 8.42 Å². The summed E-state index contributed by atoms with van der Waals surface area (Å²) in [5, 5.41) is 2.86. The first-order valence-electron chi connectivity index (χ1n) is 9.16. The van der Waals surface area contributed by atoms with Gasteiger partial charge in [0.25, 0.3) is 0 Å². The van der Waals surface area contributed by atoms with Crippen molar-refractivity contribution >= 4 is 21.6 Å². The molecule has 0 bridgehead atoms. The zero-order valence-corrected chi connectivity index (χ0v) is 17.8. The summed E-state index contributed by atoms with van der Waals surface area (Å²) < 4.78 is 31.1. The molecule has 0 fully saturated rings. The molecule has 28 heavy (non-hydrogen) atoms. The van der Waals surface area contributed by atoms with Gasteiger partial charge in [0, 0.05) is 0 Å². The van der Waals surface area contributed by atoms with Crippen LogP contribution in [0.1, 0.15) is 37.9 Å². The van der Waals surface area contributed by atoms with E-state index in [1.807, 2.05) is 52.0 Å². The molecule has 0 radical (unpaired) electrons. The van der Waals surface area contributed by atoms with Gasteiger partial charge in [-0.2, -0.15) is 0 Å². The normalized spacial score (nSPS) is 12.5. The molecule has 0 aromatic heterocycles. The maximum Gasteiger partial charge on any atom is 0.241 e. The molecule has 1 atom stereocenters. The Bertz CT molecular complexity index is 891. The molecule has 0 spiro atoms. The first-order chi connectivity index (χ1) is 13.1. The van der Waals surface area contributed by atoms with Gasteiger partial charge >= 0.3 is 0 Å². The van der Waals surface area contributed by atoms with Gasteiger partial charge in [0.05, 0.1) is 24.1 Å². The second kappa shape index (κ2) is 9.10. The van der Waals surface area contributed by atoms with Crippen LogP contribution in [0.15, 0.2) is 48.5 Å². The van der Waals surface area contributed by atoms with Crippen molar-refractivity contribution in [3.8, 4) is 5.75 Å². The van der Waals surface area contributed by atoms with Crippen LogP contribution in [0.5, 0.6) is 5.75 Å². The number of carbonyl (C=O) groups excluding carboxylic acids is 1. The molecule has 1 N–H and O–H groups in total. The van der Waals surface area contributed by atoms with Gasteiger partial charge in [0.1, 0.15) is 12.3 Å². The minimum absolute atomic E-state index is 0.0194. The van der Waals surface area contributed by atoms with Crippen LogP contribution in [0.2, 0.25) is 0 Å². The van der Waals surface area contributed by atoms with E-state index in [9.17, 15) is 13.2 Å². The minimum atomic E-state index is -3.62. The highest BCUT2D eigenvalue weighted by atomic mass is 32.2. The molecule has 0 saturated heterocycles. The number of anilines is 1. The predicted molar refractivity (Wildman–Crippen MR) is 112 cm³/mol. The van der Waals surface area contributed by atoms with Crippen LogP contribution in [0.25, 0.3) is 0 Å². The van der Waals surface area contributed by atoms with E-state index in [0.29, 0.717) is 11.4 Å². The zero-order chi connectivity index (χ0) is 20.9. The van der Waals surface area contributed by atoms with Gasteiger partial charge in [-0.05, 0) is 57.5 Å². The largest absolute Gasteiger partial charge is 0.491 e. The molecule has 1 amide bonds. The number of amides is 1. The average Bonchev–Trinajstić information content (AvgIpc) is 2.59. The summed E-state index contributed by atoms with van der Waals surface area (Å²) in [6.07, 6.45) is 1.10. The van der Waals surface area contributed by atoms with E-state index in [4.69, 9.17) is 4.74 Å². The first-order valence-corrected chi connectivity index (χ1v) is 11.0. The number of hydrogen-bond donors (Lipinski definition) is 1. The Labute approximate surface area is 167 Å². The average molecular weight is 405 g/mol. The smallest absolute Gasteiger partial charge is 0.241 e. The Kier molecular flexibility index (Phi) is 7.07. The van der Waals surface area contributed by atoms with E-state index in [-0.39, 0.29) is 24.6 Å². The first kappa shape index (κ1) is 21.8. The van der Waals surface area contributed by atoms with Crippen molar-refractivity contribution in [2.45, 2.75) is 39.8 Å². The lowest BCUT2D eigenvalue weighted by Crippen LogP contribution is -2.41. The summed E-state index contributed by atoms with van der Waals surface area (Å²) >= 11 is 0. The molecule has 2 rings (SSSR count). The number of nitrogens with zero attached hydrogens (tertiary/aromatic N) is 1. The van der Waals surface area contributed by atoms with Crippen LogP contribution < -0.4 is 14.4 Å². The summed E-state index contributed by atoms with van der Waals surface area (Å²) in [6, 6.07) is 14.3. The van der Waals surface area contributed by atoms with Crippen LogP contribution in [0.4, 0.5) is 5.69 Å². The molecular weight excluding hydrogens is 376 g/mol. The molecule has 0 saturated carbocycles. The van der Waals surface area contributed by atoms with Crippen LogP contribution in [-0.2, 0) is 14.8 Å². The summed E-state index contributed by atoms with van der Waals surface area (Å²) in [5.74, 6) is 0.269. The molecule has 0 heterocycles. The van der Waals surface area contributed by atoms with Crippen molar-refractivity contribution in [1.29, 1.82) is 0 Å². The fourth-order valence-corrected chi connectivity index (χ4v) is 3.58. The molecular formula is C21H28N2O4S. The minimum Gasteiger partial charge on any atom is -0.491 e. The molecule has 0 unspecified atom stereocenters. The van der Waals surface area contributed by atoms with E-state index in [1.54, 1.807) is 24.3 Å². The molecule has 7 heteroatoms. The Morgan fingerprint density at radius 3 is 2.11 bits per heavy atom. The SMILES string of the molecule is Cc1ccc([C@@H](C)NC(=O)CN(c2ccc(OC(C)C)cc2)S(C)(=O)=O)cc1. The van der Waals surface area contributed by atoms with Crippen LogP contribution >= 0.6 is 0 Å². The van der Waals surface area contributed by atoms with Crippen molar-refractivity contribution in [1.82, 2.24) is 5.32 Å². The lowest BCUT2D eigenvalue weighted by molar-refractivity contribution is -0.120. The van der Waals surface area contributed by atoms with Crippen molar-refractivity contribution in [2.24, 2.45) is 0 Å². The van der Waals surface area contributed by atoms with Crippen LogP contribution in [0, 0.1) is 6.92 Å². The summed E-state index contributed by atoms with van der Waals surface area (Å²) in [4.78, 5) is 12.5.